The minimum atomic E-state index is -0.436. The zero-order valence-corrected chi connectivity index (χ0v) is 14.9. The van der Waals surface area contributed by atoms with Crippen molar-refractivity contribution in [2.45, 2.75) is 38.3 Å². The van der Waals surface area contributed by atoms with Crippen molar-refractivity contribution < 1.29 is 18.7 Å². The molecule has 1 aromatic carbocycles. The third kappa shape index (κ3) is 4.23. The summed E-state index contributed by atoms with van der Waals surface area (Å²) in [5, 5.41) is 0. The van der Waals surface area contributed by atoms with E-state index in [0.29, 0.717) is 12.6 Å². The number of carbonyl (C=O) groups excluding carboxylic acids is 1. The molecule has 1 fully saturated rings. The van der Waals surface area contributed by atoms with Gasteiger partial charge in [-0.25, -0.2) is 4.79 Å². The van der Waals surface area contributed by atoms with Crippen molar-refractivity contribution in [2.75, 3.05) is 20.8 Å². The molecule has 134 valence electrons. The molecular formula is C20H25NO4. The summed E-state index contributed by atoms with van der Waals surface area (Å²) >= 11 is 0. The van der Waals surface area contributed by atoms with E-state index < -0.39 is 5.97 Å². The van der Waals surface area contributed by atoms with Gasteiger partial charge < -0.3 is 13.9 Å². The molecule has 0 aliphatic carbocycles. The van der Waals surface area contributed by atoms with Crippen LogP contribution in [0.25, 0.3) is 0 Å². The van der Waals surface area contributed by atoms with Gasteiger partial charge in [0.1, 0.15) is 11.5 Å². The van der Waals surface area contributed by atoms with Gasteiger partial charge >= 0.3 is 5.97 Å². The fourth-order valence-electron chi connectivity index (χ4n) is 3.43. The molecule has 2 aromatic rings. The Morgan fingerprint density at radius 1 is 1.12 bits per heavy atom. The van der Waals surface area contributed by atoms with Crippen molar-refractivity contribution >= 4 is 5.97 Å². The van der Waals surface area contributed by atoms with E-state index in [4.69, 9.17) is 13.9 Å². The molecule has 0 amide bonds. The average Bonchev–Trinajstić information content (AvgIpc) is 3.00. The highest BCUT2D eigenvalue weighted by Gasteiger charge is 2.24. The summed E-state index contributed by atoms with van der Waals surface area (Å²) in [6.45, 7) is 1.71. The van der Waals surface area contributed by atoms with Crippen LogP contribution in [0.5, 0.6) is 5.75 Å². The second-order valence-electron chi connectivity index (χ2n) is 6.37. The molecule has 1 atom stereocenters. The van der Waals surface area contributed by atoms with Gasteiger partial charge in [-0.1, -0.05) is 25.0 Å². The van der Waals surface area contributed by atoms with Crippen LogP contribution in [0.3, 0.4) is 0 Å². The molecule has 1 aliphatic heterocycles. The van der Waals surface area contributed by atoms with E-state index in [0.717, 1.165) is 24.5 Å². The van der Waals surface area contributed by atoms with Crippen LogP contribution in [0.1, 0.15) is 53.6 Å². The van der Waals surface area contributed by atoms with Gasteiger partial charge in [0.2, 0.25) is 5.76 Å². The lowest BCUT2D eigenvalue weighted by molar-refractivity contribution is 0.0560. The minimum absolute atomic E-state index is 0.258. The molecule has 2 heterocycles. The largest absolute Gasteiger partial charge is 0.497 e. The highest BCUT2D eigenvalue weighted by Crippen LogP contribution is 2.32. The Kier molecular flexibility index (Phi) is 5.76. The molecule has 5 nitrogen and oxygen atoms in total. The molecular weight excluding hydrogens is 318 g/mol. The Labute approximate surface area is 148 Å². The Bertz CT molecular complexity index is 692. The van der Waals surface area contributed by atoms with Crippen molar-refractivity contribution in [1.82, 2.24) is 4.90 Å². The van der Waals surface area contributed by atoms with Gasteiger partial charge in [-0.15, -0.1) is 0 Å². The molecule has 1 aromatic heterocycles. The van der Waals surface area contributed by atoms with Gasteiger partial charge in [-0.2, -0.15) is 0 Å². The smallest absolute Gasteiger partial charge is 0.373 e. The van der Waals surface area contributed by atoms with Crippen LogP contribution >= 0.6 is 0 Å². The second-order valence-corrected chi connectivity index (χ2v) is 6.37. The van der Waals surface area contributed by atoms with Crippen LogP contribution in [-0.2, 0) is 11.3 Å². The first-order valence-electron chi connectivity index (χ1n) is 8.76. The Balaban J connectivity index is 1.77. The average molecular weight is 343 g/mol. The lowest BCUT2D eigenvalue weighted by Crippen LogP contribution is -2.28. The number of carbonyl (C=O) groups is 1. The predicted octanol–water partition coefficient (Wildman–Crippen LogP) is 4.19. The lowest BCUT2D eigenvalue weighted by atomic mass is 10.0. The molecule has 1 saturated heterocycles. The number of benzene rings is 1. The molecule has 0 unspecified atom stereocenters. The molecule has 5 heteroatoms. The summed E-state index contributed by atoms with van der Waals surface area (Å²) in [5.41, 5.74) is 1.29. The summed E-state index contributed by atoms with van der Waals surface area (Å²) in [5.74, 6) is 1.49. The number of ether oxygens (including phenoxy) is 2. The van der Waals surface area contributed by atoms with E-state index in [-0.39, 0.29) is 5.76 Å². The highest BCUT2D eigenvalue weighted by molar-refractivity contribution is 5.86. The Hall–Kier alpha value is -2.27. The second kappa shape index (κ2) is 8.21. The maximum atomic E-state index is 11.6. The van der Waals surface area contributed by atoms with Crippen molar-refractivity contribution in [2.24, 2.45) is 0 Å². The number of esters is 1. The zero-order chi connectivity index (χ0) is 17.6. The first-order chi connectivity index (χ1) is 12.2. The first-order valence-corrected chi connectivity index (χ1v) is 8.76. The van der Waals surface area contributed by atoms with Crippen molar-refractivity contribution in [3.63, 3.8) is 0 Å². The highest BCUT2D eigenvalue weighted by atomic mass is 16.5. The number of hydrogen-bond acceptors (Lipinski definition) is 5. The quantitative estimate of drug-likeness (QED) is 0.762. The topological polar surface area (TPSA) is 51.9 Å². The number of methoxy groups -OCH3 is 2. The van der Waals surface area contributed by atoms with Crippen LogP contribution in [0.4, 0.5) is 0 Å². The van der Waals surface area contributed by atoms with Gasteiger partial charge in [-0.3, -0.25) is 4.90 Å². The van der Waals surface area contributed by atoms with Crippen LogP contribution in [-0.4, -0.2) is 31.6 Å². The fourth-order valence-corrected chi connectivity index (χ4v) is 3.43. The number of likely N-dealkylation sites (tertiary alicyclic amines) is 1. The number of hydrogen-bond donors (Lipinski definition) is 0. The van der Waals surface area contributed by atoms with Crippen molar-refractivity contribution in [1.29, 1.82) is 0 Å². The van der Waals surface area contributed by atoms with Gasteiger partial charge in [0.15, 0.2) is 0 Å². The predicted molar refractivity (Wildman–Crippen MR) is 94.7 cm³/mol. The SMILES string of the molecule is COC(=O)c1ccc(CN2CCCCC[C@@H]2c2ccc(OC)cc2)o1. The van der Waals surface area contributed by atoms with Gasteiger partial charge in [0.25, 0.3) is 0 Å². The monoisotopic (exact) mass is 343 g/mol. The molecule has 0 N–H and O–H groups in total. The molecule has 0 spiro atoms. The molecule has 0 radical (unpaired) electrons. The van der Waals surface area contributed by atoms with E-state index in [1.807, 2.05) is 18.2 Å². The number of rotatable bonds is 5. The summed E-state index contributed by atoms with van der Waals surface area (Å²) < 4.78 is 15.6. The lowest BCUT2D eigenvalue weighted by Gasteiger charge is -2.29. The van der Waals surface area contributed by atoms with Crippen LogP contribution < -0.4 is 4.74 Å². The third-order valence-corrected chi connectivity index (χ3v) is 4.77. The number of nitrogens with zero attached hydrogens (tertiary/aromatic N) is 1. The molecule has 1 aliphatic rings. The van der Waals surface area contributed by atoms with E-state index in [9.17, 15) is 4.79 Å². The van der Waals surface area contributed by atoms with Gasteiger partial charge in [0, 0.05) is 6.04 Å². The van der Waals surface area contributed by atoms with Gasteiger partial charge in [-0.05, 0) is 49.2 Å². The first kappa shape index (κ1) is 17.5. The van der Waals surface area contributed by atoms with E-state index in [1.165, 1.54) is 31.9 Å². The van der Waals surface area contributed by atoms with Crippen molar-refractivity contribution in [3.8, 4) is 5.75 Å². The molecule has 3 rings (SSSR count). The van der Waals surface area contributed by atoms with E-state index in [1.54, 1.807) is 13.2 Å². The third-order valence-electron chi connectivity index (χ3n) is 4.77. The normalized spacial score (nSPS) is 18.6. The number of furan rings is 1. The van der Waals surface area contributed by atoms with Crippen LogP contribution in [0.2, 0.25) is 0 Å². The standard InChI is InChI=1S/C20H25NO4/c1-23-16-9-7-15(8-10-16)18-6-4-3-5-13-21(18)14-17-11-12-19(25-17)20(22)24-2/h7-12,18H,3-6,13-14H2,1-2H3/t18-/m1/s1. The van der Waals surface area contributed by atoms with Gasteiger partial charge in [0.05, 0.1) is 20.8 Å². The Morgan fingerprint density at radius 2 is 1.92 bits per heavy atom. The zero-order valence-electron chi connectivity index (χ0n) is 14.9. The van der Waals surface area contributed by atoms with Crippen LogP contribution in [0, 0.1) is 0 Å². The summed E-state index contributed by atoms with van der Waals surface area (Å²) in [6.07, 6.45) is 4.77. The maximum Gasteiger partial charge on any atom is 0.373 e. The molecule has 0 bridgehead atoms. The molecule has 25 heavy (non-hydrogen) atoms. The van der Waals surface area contributed by atoms with Crippen LogP contribution in [0.15, 0.2) is 40.8 Å². The Morgan fingerprint density at radius 3 is 2.64 bits per heavy atom. The fraction of sp³-hybridized carbons (Fsp3) is 0.450. The summed E-state index contributed by atoms with van der Waals surface area (Å²) in [7, 11) is 3.04. The molecule has 0 saturated carbocycles. The van der Waals surface area contributed by atoms with E-state index in [2.05, 4.69) is 17.0 Å². The van der Waals surface area contributed by atoms with E-state index >= 15 is 0 Å². The maximum absolute atomic E-state index is 11.6. The summed E-state index contributed by atoms with van der Waals surface area (Å²) in [6, 6.07) is 12.2. The minimum Gasteiger partial charge on any atom is -0.497 e. The summed E-state index contributed by atoms with van der Waals surface area (Å²) in [4.78, 5) is 14.0. The van der Waals surface area contributed by atoms with Crippen molar-refractivity contribution in [3.05, 3.63) is 53.5 Å².